The number of rotatable bonds is 3. The first kappa shape index (κ1) is 14.7. The van der Waals surface area contributed by atoms with Gasteiger partial charge in [-0.3, -0.25) is 4.79 Å². The van der Waals surface area contributed by atoms with E-state index in [1.807, 2.05) is 13.0 Å². The van der Waals surface area contributed by atoms with Crippen LogP contribution in [0.1, 0.15) is 47.5 Å². The van der Waals surface area contributed by atoms with E-state index in [0.717, 1.165) is 0 Å². The molecule has 0 aromatic heterocycles. The highest BCUT2D eigenvalue weighted by Crippen LogP contribution is 2.24. The zero-order valence-corrected chi connectivity index (χ0v) is 11.7. The third-order valence-electron chi connectivity index (χ3n) is 3.32. The number of nitrogens with zero attached hydrogens (tertiary/aromatic N) is 1. The molecule has 0 amide bonds. The van der Waals surface area contributed by atoms with E-state index in [-0.39, 0.29) is 16.4 Å². The SMILES string of the molecule is CCCC(=O)/C(C#N)=C1/NC(C)(C)[NH+]([O-])C1(C)C. The number of nitriles is 1. The summed E-state index contributed by atoms with van der Waals surface area (Å²) < 4.78 is 0. The first-order valence-corrected chi connectivity index (χ1v) is 6.19. The Kier molecular flexibility index (Phi) is 3.84. The lowest BCUT2D eigenvalue weighted by molar-refractivity contribution is -0.931. The summed E-state index contributed by atoms with van der Waals surface area (Å²) in [4.78, 5) is 11.9. The minimum atomic E-state index is -0.808. The minimum Gasteiger partial charge on any atom is -0.632 e. The van der Waals surface area contributed by atoms with Crippen LogP contribution in [-0.2, 0) is 4.79 Å². The van der Waals surface area contributed by atoms with Gasteiger partial charge >= 0.3 is 0 Å². The van der Waals surface area contributed by atoms with Crippen molar-refractivity contribution in [1.82, 2.24) is 5.32 Å². The number of hydrogen-bond acceptors (Lipinski definition) is 4. The normalized spacial score (nSPS) is 27.3. The summed E-state index contributed by atoms with van der Waals surface area (Å²) in [5.74, 6) is -0.193. The molecule has 1 unspecified atom stereocenters. The summed E-state index contributed by atoms with van der Waals surface area (Å²) in [6.45, 7) is 8.93. The molecule has 1 heterocycles. The molecule has 5 nitrogen and oxygen atoms in total. The largest absolute Gasteiger partial charge is 0.632 e. The molecule has 0 aliphatic carbocycles. The fraction of sp³-hybridized carbons (Fsp3) is 0.692. The number of quaternary nitrogens is 1. The third kappa shape index (κ3) is 2.26. The number of carbonyl (C=O) groups excluding carboxylic acids is 1. The van der Waals surface area contributed by atoms with Crippen LogP contribution in [-0.4, -0.2) is 17.0 Å². The summed E-state index contributed by atoms with van der Waals surface area (Å²) in [5, 5.41) is 24.5. The summed E-state index contributed by atoms with van der Waals surface area (Å²) in [5.41, 5.74) is -0.968. The summed E-state index contributed by atoms with van der Waals surface area (Å²) >= 11 is 0. The van der Waals surface area contributed by atoms with Gasteiger partial charge in [-0.1, -0.05) is 6.92 Å². The number of allylic oxidation sites excluding steroid dienone is 1. The van der Waals surface area contributed by atoms with E-state index in [4.69, 9.17) is 0 Å². The van der Waals surface area contributed by atoms with Crippen molar-refractivity contribution >= 4 is 5.78 Å². The van der Waals surface area contributed by atoms with Crippen LogP contribution in [0.2, 0.25) is 0 Å². The van der Waals surface area contributed by atoms with E-state index in [2.05, 4.69) is 5.32 Å². The van der Waals surface area contributed by atoms with Crippen molar-refractivity contribution in [2.75, 3.05) is 0 Å². The van der Waals surface area contributed by atoms with Crippen molar-refractivity contribution in [3.05, 3.63) is 16.5 Å². The number of hydroxylamine groups is 2. The predicted molar refractivity (Wildman–Crippen MR) is 68.2 cm³/mol. The molecule has 1 fully saturated rings. The second kappa shape index (κ2) is 4.71. The summed E-state index contributed by atoms with van der Waals surface area (Å²) in [7, 11) is 0. The van der Waals surface area contributed by atoms with Gasteiger partial charge in [-0.15, -0.1) is 0 Å². The fourth-order valence-corrected chi connectivity index (χ4v) is 2.41. The van der Waals surface area contributed by atoms with Crippen molar-refractivity contribution in [2.24, 2.45) is 0 Å². The van der Waals surface area contributed by atoms with Crippen molar-refractivity contribution in [1.29, 1.82) is 5.26 Å². The quantitative estimate of drug-likeness (QED) is 0.438. The van der Waals surface area contributed by atoms with Crippen LogP contribution in [0.3, 0.4) is 0 Å². The van der Waals surface area contributed by atoms with E-state index in [9.17, 15) is 15.3 Å². The van der Waals surface area contributed by atoms with Crippen LogP contribution in [0, 0.1) is 16.5 Å². The maximum absolute atomic E-state index is 12.2. The Bertz CT molecular complexity index is 430. The number of carbonyl (C=O) groups is 1. The predicted octanol–water partition coefficient (Wildman–Crippen LogP) is 0.634. The van der Waals surface area contributed by atoms with Crippen molar-refractivity contribution in [3.8, 4) is 6.07 Å². The van der Waals surface area contributed by atoms with Gasteiger partial charge < -0.3 is 15.6 Å². The van der Waals surface area contributed by atoms with Crippen molar-refractivity contribution in [2.45, 2.75) is 58.7 Å². The Hall–Kier alpha value is -1.38. The lowest BCUT2D eigenvalue weighted by Crippen LogP contribution is -3.20. The molecule has 0 saturated carbocycles. The van der Waals surface area contributed by atoms with E-state index >= 15 is 0 Å². The van der Waals surface area contributed by atoms with Crippen LogP contribution in [0.25, 0.3) is 0 Å². The van der Waals surface area contributed by atoms with Gasteiger partial charge in [0.2, 0.25) is 0 Å². The Morgan fingerprint density at radius 1 is 1.44 bits per heavy atom. The molecule has 0 spiro atoms. The van der Waals surface area contributed by atoms with Crippen LogP contribution in [0.5, 0.6) is 0 Å². The Morgan fingerprint density at radius 2 is 2.00 bits per heavy atom. The molecular formula is C13H21N3O2. The molecular weight excluding hydrogens is 230 g/mol. The highest BCUT2D eigenvalue weighted by Gasteiger charge is 2.50. The first-order chi connectivity index (χ1) is 8.18. The highest BCUT2D eigenvalue weighted by atomic mass is 16.5. The topological polar surface area (TPSA) is 80.4 Å². The van der Waals surface area contributed by atoms with Gasteiger partial charge in [0.25, 0.3) is 0 Å². The molecule has 1 rings (SSSR count). The van der Waals surface area contributed by atoms with Gasteiger partial charge in [-0.2, -0.15) is 5.26 Å². The van der Waals surface area contributed by atoms with Gasteiger partial charge in [0.05, 0.1) is 5.70 Å². The maximum atomic E-state index is 12.2. The smallest absolute Gasteiger partial charge is 0.175 e. The van der Waals surface area contributed by atoms with E-state index in [1.54, 1.807) is 27.7 Å². The number of ketones is 1. The van der Waals surface area contributed by atoms with Gasteiger partial charge in [-0.05, 0) is 20.3 Å². The zero-order valence-electron chi connectivity index (χ0n) is 11.7. The van der Waals surface area contributed by atoms with Gasteiger partial charge in [0, 0.05) is 20.3 Å². The molecule has 1 atom stereocenters. The fourth-order valence-electron chi connectivity index (χ4n) is 2.41. The standard InChI is InChI=1S/C13H21N3O2/c1-6-7-10(17)9(8-14)11-12(2,3)16(18)13(4,5)15-11/h15-16H,6-7H2,1-5H3/b11-9+. The first-order valence-electron chi connectivity index (χ1n) is 6.19. The molecule has 1 aliphatic rings. The van der Waals surface area contributed by atoms with E-state index in [1.165, 1.54) is 0 Å². The average molecular weight is 251 g/mol. The van der Waals surface area contributed by atoms with Gasteiger partial charge in [0.1, 0.15) is 17.2 Å². The molecule has 100 valence electrons. The highest BCUT2D eigenvalue weighted by molar-refractivity contribution is 6.00. The summed E-state index contributed by atoms with van der Waals surface area (Å²) in [6, 6.07) is 1.96. The van der Waals surface area contributed by atoms with Gasteiger partial charge in [0.15, 0.2) is 11.4 Å². The average Bonchev–Trinajstić information content (AvgIpc) is 2.41. The van der Waals surface area contributed by atoms with Gasteiger partial charge in [-0.25, -0.2) is 0 Å². The molecule has 1 saturated heterocycles. The number of nitrogens with one attached hydrogen (secondary N) is 2. The van der Waals surface area contributed by atoms with Crippen molar-refractivity contribution < 1.29 is 9.86 Å². The number of Topliss-reactive ketones (excluding diaryl/α,β-unsaturated/α-hetero) is 1. The molecule has 18 heavy (non-hydrogen) atoms. The maximum Gasteiger partial charge on any atom is 0.175 e. The second-order valence-electron chi connectivity index (χ2n) is 5.74. The molecule has 5 heteroatoms. The van der Waals surface area contributed by atoms with Crippen LogP contribution in [0.15, 0.2) is 11.3 Å². The van der Waals surface area contributed by atoms with Crippen molar-refractivity contribution in [3.63, 3.8) is 0 Å². The number of hydrogen-bond donors (Lipinski definition) is 2. The Morgan fingerprint density at radius 3 is 2.33 bits per heavy atom. The Labute approximate surface area is 108 Å². The summed E-state index contributed by atoms with van der Waals surface area (Å²) in [6.07, 6.45) is 1.02. The van der Waals surface area contributed by atoms with Crippen LogP contribution >= 0.6 is 0 Å². The molecule has 0 aromatic rings. The zero-order chi connectivity index (χ0) is 14.1. The lowest BCUT2D eigenvalue weighted by atomic mass is 9.94. The van der Waals surface area contributed by atoms with E-state index < -0.39 is 11.2 Å². The lowest BCUT2D eigenvalue weighted by Gasteiger charge is -2.38. The molecule has 2 N–H and O–H groups in total. The van der Waals surface area contributed by atoms with E-state index in [0.29, 0.717) is 18.5 Å². The third-order valence-corrected chi connectivity index (χ3v) is 3.32. The molecule has 1 aliphatic heterocycles. The van der Waals surface area contributed by atoms with Crippen LogP contribution in [0.4, 0.5) is 0 Å². The minimum absolute atomic E-state index is 0.00190. The van der Waals surface area contributed by atoms with Crippen LogP contribution < -0.4 is 10.4 Å². The Balaban J connectivity index is 3.30. The molecule has 0 aromatic carbocycles. The second-order valence-corrected chi connectivity index (χ2v) is 5.74. The molecule has 0 radical (unpaired) electrons. The monoisotopic (exact) mass is 251 g/mol. The molecule has 0 bridgehead atoms.